The van der Waals surface area contributed by atoms with Gasteiger partial charge in [0.1, 0.15) is 0 Å². The van der Waals surface area contributed by atoms with Crippen LogP contribution in [-0.2, 0) is 16.0 Å². The molecule has 25 heavy (non-hydrogen) atoms. The van der Waals surface area contributed by atoms with Gasteiger partial charge in [-0.2, -0.15) is 0 Å². The predicted octanol–water partition coefficient (Wildman–Crippen LogP) is 1.77. The third-order valence-electron chi connectivity index (χ3n) is 3.42. The third-order valence-corrected chi connectivity index (χ3v) is 3.67. The number of rotatable bonds is 5. The first-order valence-electron chi connectivity index (χ1n) is 7.61. The molecule has 2 rings (SSSR count). The van der Waals surface area contributed by atoms with Gasteiger partial charge in [0.25, 0.3) is 11.8 Å². The number of carbonyl (C=O) groups is 3. The van der Waals surface area contributed by atoms with E-state index in [4.69, 9.17) is 11.6 Å². The zero-order chi connectivity index (χ0) is 18.2. The van der Waals surface area contributed by atoms with Gasteiger partial charge in [0.2, 0.25) is 5.91 Å². The number of aryl methyl sites for hydroxylation is 1. The van der Waals surface area contributed by atoms with E-state index in [0.717, 1.165) is 11.1 Å². The lowest BCUT2D eigenvalue weighted by Crippen LogP contribution is -2.46. The summed E-state index contributed by atoms with van der Waals surface area (Å²) < 4.78 is 0. The molecule has 3 amide bonds. The highest BCUT2D eigenvalue weighted by atomic mass is 35.5. The molecule has 0 atom stereocenters. The molecule has 6 nitrogen and oxygen atoms in total. The maximum Gasteiger partial charge on any atom is 0.257 e. The summed E-state index contributed by atoms with van der Waals surface area (Å²) >= 11 is 5.77. The highest BCUT2D eigenvalue weighted by molar-refractivity contribution is 6.30. The molecule has 0 fully saturated rings. The van der Waals surface area contributed by atoms with Gasteiger partial charge in [0.05, 0.1) is 13.0 Å². The summed E-state index contributed by atoms with van der Waals surface area (Å²) in [6, 6.07) is 13.9. The van der Waals surface area contributed by atoms with Crippen LogP contribution in [0.5, 0.6) is 0 Å². The minimum absolute atomic E-state index is 0.104. The molecule has 7 heteroatoms. The Balaban J connectivity index is 1.73. The van der Waals surface area contributed by atoms with Crippen molar-refractivity contribution in [3.05, 3.63) is 70.2 Å². The van der Waals surface area contributed by atoms with E-state index < -0.39 is 5.91 Å². The second kappa shape index (κ2) is 8.84. The molecule has 0 heterocycles. The molecule has 2 aromatic rings. The van der Waals surface area contributed by atoms with Crippen molar-refractivity contribution in [2.24, 2.45) is 0 Å². The fourth-order valence-electron chi connectivity index (χ4n) is 2.10. The van der Waals surface area contributed by atoms with E-state index >= 15 is 0 Å². The number of amides is 3. The first-order chi connectivity index (χ1) is 12.0. The van der Waals surface area contributed by atoms with E-state index in [1.807, 2.05) is 19.1 Å². The van der Waals surface area contributed by atoms with E-state index in [1.165, 1.54) is 0 Å². The average Bonchev–Trinajstić information content (AvgIpc) is 2.60. The van der Waals surface area contributed by atoms with Crippen LogP contribution >= 0.6 is 11.6 Å². The number of halogens is 1. The van der Waals surface area contributed by atoms with Crippen LogP contribution < -0.4 is 16.2 Å². The van der Waals surface area contributed by atoms with Crippen molar-refractivity contribution in [1.82, 2.24) is 16.2 Å². The second-order valence-electron chi connectivity index (χ2n) is 5.40. The Morgan fingerprint density at radius 1 is 0.920 bits per heavy atom. The summed E-state index contributed by atoms with van der Waals surface area (Å²) in [7, 11) is 0. The summed E-state index contributed by atoms with van der Waals surface area (Å²) in [5, 5.41) is 3.09. The summed E-state index contributed by atoms with van der Waals surface area (Å²) in [4.78, 5) is 35.5. The SMILES string of the molecule is Cc1ccccc1C(=O)NCC(=O)NNC(=O)Cc1ccc(Cl)cc1. The molecule has 0 radical (unpaired) electrons. The first-order valence-corrected chi connectivity index (χ1v) is 7.99. The minimum Gasteiger partial charge on any atom is -0.343 e. The Labute approximate surface area is 150 Å². The van der Waals surface area contributed by atoms with Crippen molar-refractivity contribution in [2.45, 2.75) is 13.3 Å². The van der Waals surface area contributed by atoms with Crippen LogP contribution in [-0.4, -0.2) is 24.3 Å². The Morgan fingerprint density at radius 2 is 1.56 bits per heavy atom. The van der Waals surface area contributed by atoms with Crippen molar-refractivity contribution in [3.63, 3.8) is 0 Å². The Morgan fingerprint density at radius 3 is 2.24 bits per heavy atom. The number of hydrogen-bond donors (Lipinski definition) is 3. The van der Waals surface area contributed by atoms with Crippen LogP contribution in [0.15, 0.2) is 48.5 Å². The van der Waals surface area contributed by atoms with Crippen LogP contribution in [0.4, 0.5) is 0 Å². The highest BCUT2D eigenvalue weighted by Gasteiger charge is 2.10. The number of nitrogens with one attached hydrogen (secondary N) is 3. The Kier molecular flexibility index (Phi) is 6.54. The van der Waals surface area contributed by atoms with Gasteiger partial charge in [0.15, 0.2) is 0 Å². The molecule has 0 spiro atoms. The lowest BCUT2D eigenvalue weighted by Gasteiger charge is -2.09. The van der Waals surface area contributed by atoms with Gasteiger partial charge in [0, 0.05) is 10.6 Å². The van der Waals surface area contributed by atoms with E-state index in [1.54, 1.807) is 36.4 Å². The largest absolute Gasteiger partial charge is 0.343 e. The zero-order valence-corrected chi connectivity index (χ0v) is 14.4. The number of carbonyl (C=O) groups excluding carboxylic acids is 3. The molecule has 3 N–H and O–H groups in total. The van der Waals surface area contributed by atoms with Gasteiger partial charge >= 0.3 is 0 Å². The fourth-order valence-corrected chi connectivity index (χ4v) is 2.22. The second-order valence-corrected chi connectivity index (χ2v) is 5.83. The van der Waals surface area contributed by atoms with Gasteiger partial charge in [-0.25, -0.2) is 0 Å². The predicted molar refractivity (Wildman–Crippen MR) is 95.0 cm³/mol. The topological polar surface area (TPSA) is 87.3 Å². The average molecular weight is 360 g/mol. The number of benzene rings is 2. The maximum atomic E-state index is 12.0. The lowest BCUT2D eigenvalue weighted by molar-refractivity contribution is -0.128. The molecule has 0 aromatic heterocycles. The van der Waals surface area contributed by atoms with Gasteiger partial charge in [-0.3, -0.25) is 25.2 Å². The quantitative estimate of drug-likeness (QED) is 0.711. The van der Waals surface area contributed by atoms with Gasteiger partial charge in [-0.05, 0) is 36.2 Å². The van der Waals surface area contributed by atoms with Crippen LogP contribution in [0.2, 0.25) is 5.02 Å². The monoisotopic (exact) mass is 359 g/mol. The molecule has 2 aromatic carbocycles. The molecular weight excluding hydrogens is 342 g/mol. The van der Waals surface area contributed by atoms with E-state index in [9.17, 15) is 14.4 Å². The lowest BCUT2D eigenvalue weighted by atomic mass is 10.1. The third kappa shape index (κ3) is 5.93. The Bertz CT molecular complexity index is 775. The number of hydrogen-bond acceptors (Lipinski definition) is 3. The van der Waals surface area contributed by atoms with E-state index in [-0.39, 0.29) is 24.8 Å². The van der Waals surface area contributed by atoms with Crippen molar-refractivity contribution in [2.75, 3.05) is 6.54 Å². The molecular formula is C18H18ClN3O3. The van der Waals surface area contributed by atoms with Crippen LogP contribution in [0.25, 0.3) is 0 Å². The van der Waals surface area contributed by atoms with Crippen molar-refractivity contribution < 1.29 is 14.4 Å². The highest BCUT2D eigenvalue weighted by Crippen LogP contribution is 2.09. The smallest absolute Gasteiger partial charge is 0.257 e. The number of hydrazine groups is 1. The first kappa shape index (κ1) is 18.5. The standard InChI is InChI=1S/C18H18ClN3O3/c1-12-4-2-3-5-15(12)18(25)20-11-17(24)22-21-16(23)10-13-6-8-14(19)9-7-13/h2-9H,10-11H2,1H3,(H,20,25)(H,21,23)(H,22,24). The molecule has 0 aliphatic rings. The van der Waals surface area contributed by atoms with Gasteiger partial charge in [-0.15, -0.1) is 0 Å². The van der Waals surface area contributed by atoms with Crippen LogP contribution in [0.3, 0.4) is 0 Å². The van der Waals surface area contributed by atoms with Crippen molar-refractivity contribution in [3.8, 4) is 0 Å². The van der Waals surface area contributed by atoms with Crippen molar-refractivity contribution in [1.29, 1.82) is 0 Å². The molecule has 0 unspecified atom stereocenters. The summed E-state index contributed by atoms with van der Waals surface area (Å²) in [5.41, 5.74) is 6.64. The molecule has 0 saturated heterocycles. The van der Waals surface area contributed by atoms with Crippen LogP contribution in [0, 0.1) is 6.92 Å². The summed E-state index contributed by atoms with van der Waals surface area (Å²) in [6.45, 7) is 1.57. The summed E-state index contributed by atoms with van der Waals surface area (Å²) in [6.07, 6.45) is 0.104. The van der Waals surface area contributed by atoms with Gasteiger partial charge in [-0.1, -0.05) is 41.9 Å². The molecule has 0 bridgehead atoms. The van der Waals surface area contributed by atoms with Gasteiger partial charge < -0.3 is 5.32 Å². The molecule has 130 valence electrons. The van der Waals surface area contributed by atoms with Crippen molar-refractivity contribution >= 4 is 29.3 Å². The maximum absolute atomic E-state index is 12.0. The minimum atomic E-state index is -0.522. The Hall–Kier alpha value is -2.86. The fraction of sp³-hybridized carbons (Fsp3) is 0.167. The van der Waals surface area contributed by atoms with E-state index in [2.05, 4.69) is 16.2 Å². The van der Waals surface area contributed by atoms with Crippen LogP contribution in [0.1, 0.15) is 21.5 Å². The summed E-state index contributed by atoms with van der Waals surface area (Å²) in [5.74, 6) is -1.24. The molecule has 0 aliphatic carbocycles. The normalized spacial score (nSPS) is 10.0. The zero-order valence-electron chi connectivity index (χ0n) is 13.6. The van der Waals surface area contributed by atoms with E-state index in [0.29, 0.717) is 10.6 Å². The molecule has 0 aliphatic heterocycles. The molecule has 0 saturated carbocycles.